The molecule has 2 heterocycles. The van der Waals surface area contributed by atoms with E-state index in [1.807, 2.05) is 42.5 Å². The zero-order valence-electron chi connectivity index (χ0n) is 21.5. The van der Waals surface area contributed by atoms with Gasteiger partial charge < -0.3 is 19.7 Å². The molecule has 5 rings (SSSR count). The minimum atomic E-state index is -0.588. The van der Waals surface area contributed by atoms with Gasteiger partial charge in [0.15, 0.2) is 11.5 Å². The number of benzene rings is 2. The Morgan fingerprint density at radius 2 is 1.95 bits per heavy atom. The molecule has 1 aliphatic carbocycles. The third kappa shape index (κ3) is 5.78. The van der Waals surface area contributed by atoms with E-state index in [2.05, 4.69) is 11.9 Å². The predicted molar refractivity (Wildman–Crippen MR) is 148 cm³/mol. The van der Waals surface area contributed by atoms with Gasteiger partial charge in [-0.25, -0.2) is 0 Å². The second kappa shape index (κ2) is 11.4. The van der Waals surface area contributed by atoms with Gasteiger partial charge in [0.05, 0.1) is 18.2 Å². The Kier molecular flexibility index (Phi) is 7.84. The molecule has 0 unspecified atom stereocenters. The SMILES string of the molecule is C=C(Cl)COc1cc(CN(C(=O)c2cc(C3CC3)nc3ccccc23)[C@H]2CCCCNC2=O)ccc1OC. The molecule has 7 nitrogen and oxygen atoms in total. The van der Waals surface area contributed by atoms with Gasteiger partial charge in [-0.1, -0.05) is 42.4 Å². The summed E-state index contributed by atoms with van der Waals surface area (Å²) in [5.41, 5.74) is 3.14. The van der Waals surface area contributed by atoms with E-state index in [1.54, 1.807) is 18.1 Å². The third-order valence-corrected chi connectivity index (χ3v) is 7.18. The zero-order chi connectivity index (χ0) is 26.6. The van der Waals surface area contributed by atoms with Crippen LogP contribution in [0.15, 0.2) is 60.1 Å². The lowest BCUT2D eigenvalue weighted by Crippen LogP contribution is -2.48. The van der Waals surface area contributed by atoms with Crippen LogP contribution in [0, 0.1) is 0 Å². The number of amides is 2. The fourth-order valence-electron chi connectivity index (χ4n) is 4.94. The van der Waals surface area contributed by atoms with Crippen LogP contribution < -0.4 is 14.8 Å². The van der Waals surface area contributed by atoms with Crippen LogP contribution in [0.3, 0.4) is 0 Å². The van der Waals surface area contributed by atoms with Crippen molar-refractivity contribution in [2.45, 2.75) is 50.6 Å². The molecular formula is C30H32ClN3O4. The zero-order valence-corrected chi connectivity index (χ0v) is 22.3. The molecule has 0 spiro atoms. The number of aromatic nitrogens is 1. The Labute approximate surface area is 227 Å². The summed E-state index contributed by atoms with van der Waals surface area (Å²) in [5.74, 6) is 1.12. The molecule has 2 aromatic carbocycles. The smallest absolute Gasteiger partial charge is 0.255 e. The standard InChI is InChI=1S/C30H32ClN3O4/c1-19(31)18-38-28-15-20(10-13-27(28)37-2)17-34(26-9-5-6-14-32-29(26)35)30(36)23-16-25(21-11-12-21)33-24-8-4-3-7-22(23)24/h3-4,7-8,10,13,15-16,21,26H,1,5-6,9,11-12,14,17-18H2,2H3,(H,32,35)/t26-/m0/s1. The van der Waals surface area contributed by atoms with Crippen LogP contribution in [-0.2, 0) is 11.3 Å². The summed E-state index contributed by atoms with van der Waals surface area (Å²) in [5, 5.41) is 4.15. The van der Waals surface area contributed by atoms with Crippen molar-refractivity contribution in [1.29, 1.82) is 0 Å². The molecule has 38 heavy (non-hydrogen) atoms. The highest BCUT2D eigenvalue weighted by molar-refractivity contribution is 6.29. The van der Waals surface area contributed by atoms with Crippen LogP contribution in [0.25, 0.3) is 10.9 Å². The fraction of sp³-hybridized carbons (Fsp3) is 0.367. The van der Waals surface area contributed by atoms with Crippen molar-refractivity contribution >= 4 is 34.3 Å². The van der Waals surface area contributed by atoms with Gasteiger partial charge in [0.25, 0.3) is 5.91 Å². The molecule has 2 amide bonds. The molecule has 1 aromatic heterocycles. The van der Waals surface area contributed by atoms with E-state index in [1.165, 1.54) is 0 Å². The monoisotopic (exact) mass is 533 g/mol. The Bertz CT molecular complexity index is 1370. The molecule has 1 saturated heterocycles. The molecule has 2 fully saturated rings. The number of pyridine rings is 1. The number of carbonyl (C=O) groups is 2. The quantitative estimate of drug-likeness (QED) is 0.389. The minimum Gasteiger partial charge on any atom is -0.493 e. The number of hydrogen-bond donors (Lipinski definition) is 1. The fourth-order valence-corrected chi connectivity index (χ4v) is 5.00. The number of nitrogens with zero attached hydrogens (tertiary/aromatic N) is 2. The summed E-state index contributed by atoms with van der Waals surface area (Å²) in [4.78, 5) is 34.1. The van der Waals surface area contributed by atoms with Gasteiger partial charge in [-0.05, 0) is 61.9 Å². The van der Waals surface area contributed by atoms with E-state index < -0.39 is 6.04 Å². The molecule has 8 heteroatoms. The van der Waals surface area contributed by atoms with Gasteiger partial charge in [0.1, 0.15) is 12.6 Å². The van der Waals surface area contributed by atoms with Crippen LogP contribution in [0.1, 0.15) is 59.6 Å². The Hall–Kier alpha value is -3.58. The second-order valence-electron chi connectivity index (χ2n) is 9.91. The highest BCUT2D eigenvalue weighted by Crippen LogP contribution is 2.40. The largest absolute Gasteiger partial charge is 0.493 e. The summed E-state index contributed by atoms with van der Waals surface area (Å²) < 4.78 is 11.2. The maximum absolute atomic E-state index is 14.4. The van der Waals surface area contributed by atoms with Gasteiger partial charge in [-0.2, -0.15) is 0 Å². The van der Waals surface area contributed by atoms with Crippen molar-refractivity contribution in [3.8, 4) is 11.5 Å². The van der Waals surface area contributed by atoms with Crippen LogP contribution in [0.2, 0.25) is 0 Å². The van der Waals surface area contributed by atoms with Crippen molar-refractivity contribution in [3.63, 3.8) is 0 Å². The highest BCUT2D eigenvalue weighted by Gasteiger charge is 2.34. The van der Waals surface area contributed by atoms with Gasteiger partial charge in [-0.15, -0.1) is 0 Å². The van der Waals surface area contributed by atoms with Crippen LogP contribution >= 0.6 is 11.6 Å². The Balaban J connectivity index is 1.55. The Morgan fingerprint density at radius 1 is 1.13 bits per heavy atom. The summed E-state index contributed by atoms with van der Waals surface area (Å²) >= 11 is 5.91. The third-order valence-electron chi connectivity index (χ3n) is 7.07. The summed E-state index contributed by atoms with van der Waals surface area (Å²) in [6.45, 7) is 4.65. The first-order valence-corrected chi connectivity index (χ1v) is 13.4. The number of nitrogens with one attached hydrogen (secondary N) is 1. The number of hydrogen-bond acceptors (Lipinski definition) is 5. The van der Waals surface area contributed by atoms with E-state index in [4.69, 9.17) is 26.1 Å². The van der Waals surface area contributed by atoms with Crippen molar-refractivity contribution < 1.29 is 19.1 Å². The number of methoxy groups -OCH3 is 1. The molecule has 1 aliphatic heterocycles. The number of fused-ring (bicyclic) bond motifs is 1. The lowest BCUT2D eigenvalue weighted by atomic mass is 10.0. The van der Waals surface area contributed by atoms with Crippen LogP contribution in [-0.4, -0.2) is 48.0 Å². The van der Waals surface area contributed by atoms with E-state index >= 15 is 0 Å². The van der Waals surface area contributed by atoms with Crippen molar-refractivity contribution in [3.05, 3.63) is 77.0 Å². The van der Waals surface area contributed by atoms with Crippen molar-refractivity contribution in [2.24, 2.45) is 0 Å². The average Bonchev–Trinajstić information content (AvgIpc) is 3.78. The minimum absolute atomic E-state index is 0.125. The first kappa shape index (κ1) is 26.0. The molecule has 0 radical (unpaired) electrons. The Morgan fingerprint density at radius 3 is 2.71 bits per heavy atom. The van der Waals surface area contributed by atoms with Gasteiger partial charge in [0.2, 0.25) is 5.91 Å². The highest BCUT2D eigenvalue weighted by atomic mass is 35.5. The summed E-state index contributed by atoms with van der Waals surface area (Å²) in [6, 6.07) is 14.6. The maximum Gasteiger partial charge on any atom is 0.255 e. The van der Waals surface area contributed by atoms with Crippen LogP contribution in [0.4, 0.5) is 0 Å². The van der Waals surface area contributed by atoms with Gasteiger partial charge in [0, 0.05) is 35.1 Å². The van der Waals surface area contributed by atoms with Gasteiger partial charge in [-0.3, -0.25) is 14.6 Å². The second-order valence-corrected chi connectivity index (χ2v) is 10.4. The molecule has 2 aliphatic rings. The van der Waals surface area contributed by atoms with Gasteiger partial charge >= 0.3 is 0 Å². The van der Waals surface area contributed by atoms with E-state index in [0.717, 1.165) is 47.8 Å². The average molecular weight is 534 g/mol. The number of halogens is 1. The molecule has 1 saturated carbocycles. The lowest BCUT2D eigenvalue weighted by molar-refractivity contribution is -0.125. The first-order valence-electron chi connectivity index (χ1n) is 13.1. The maximum atomic E-state index is 14.4. The van der Waals surface area contributed by atoms with Crippen molar-refractivity contribution in [1.82, 2.24) is 15.2 Å². The number of ether oxygens (including phenoxy) is 2. The van der Waals surface area contributed by atoms with E-state index in [0.29, 0.717) is 41.0 Å². The van der Waals surface area contributed by atoms with E-state index in [9.17, 15) is 9.59 Å². The number of para-hydroxylation sites is 1. The molecule has 1 N–H and O–H groups in total. The normalized spacial score (nSPS) is 17.4. The van der Waals surface area contributed by atoms with Crippen molar-refractivity contribution in [2.75, 3.05) is 20.3 Å². The topological polar surface area (TPSA) is 80.8 Å². The molecule has 3 aromatic rings. The number of carbonyl (C=O) groups excluding carboxylic acids is 2. The predicted octanol–water partition coefficient (Wildman–Crippen LogP) is 5.56. The molecule has 0 bridgehead atoms. The summed E-state index contributed by atoms with van der Waals surface area (Å²) in [7, 11) is 1.56. The van der Waals surface area contributed by atoms with E-state index in [-0.39, 0.29) is 25.0 Å². The summed E-state index contributed by atoms with van der Waals surface area (Å²) in [6.07, 6.45) is 4.50. The molecule has 1 atom stereocenters. The first-order chi connectivity index (χ1) is 18.4. The lowest BCUT2D eigenvalue weighted by Gasteiger charge is -2.31. The van der Waals surface area contributed by atoms with Crippen LogP contribution in [0.5, 0.6) is 11.5 Å². The number of rotatable bonds is 9. The molecular weight excluding hydrogens is 502 g/mol. The molecule has 198 valence electrons.